The summed E-state index contributed by atoms with van der Waals surface area (Å²) in [5.74, 6) is 0.795. The molecule has 1 unspecified atom stereocenters. The first-order chi connectivity index (χ1) is 13.2. The average molecular weight is 401 g/mol. The largest absolute Gasteiger partial charge is 0.495 e. The molecule has 4 nitrogen and oxygen atoms in total. The average Bonchev–Trinajstić information content (AvgIpc) is 3.00. The fourth-order valence-electron chi connectivity index (χ4n) is 4.25. The molecule has 1 atom stereocenters. The SMILES string of the molecule is COc1ccccc1NCC(O)Cn1c2c(c3cc(C)ccc31)CCCC2.Cl. The number of rotatable bonds is 6. The van der Waals surface area contributed by atoms with Gasteiger partial charge in [-0.3, -0.25) is 0 Å². The van der Waals surface area contributed by atoms with Crippen LogP contribution in [0.25, 0.3) is 10.9 Å². The number of methoxy groups -OCH3 is 1. The van der Waals surface area contributed by atoms with Crippen LogP contribution in [0.4, 0.5) is 5.69 Å². The Bertz CT molecular complexity index is 951. The van der Waals surface area contributed by atoms with Crippen LogP contribution in [-0.4, -0.2) is 29.4 Å². The maximum absolute atomic E-state index is 10.7. The Hall–Kier alpha value is -2.17. The predicted molar refractivity (Wildman–Crippen MR) is 118 cm³/mol. The third-order valence-electron chi connectivity index (χ3n) is 5.56. The van der Waals surface area contributed by atoms with E-state index in [1.165, 1.54) is 40.6 Å². The van der Waals surface area contributed by atoms with Gasteiger partial charge in [0.1, 0.15) is 5.75 Å². The number of fused-ring (bicyclic) bond motifs is 3. The number of nitrogens with zero attached hydrogens (tertiary/aromatic N) is 1. The summed E-state index contributed by atoms with van der Waals surface area (Å²) in [6.07, 6.45) is 4.28. The number of para-hydroxylation sites is 2. The molecule has 0 radical (unpaired) electrons. The monoisotopic (exact) mass is 400 g/mol. The fourth-order valence-corrected chi connectivity index (χ4v) is 4.25. The standard InChI is InChI=1S/C23H28N2O2.ClH/c1-16-11-12-22-19(13-16)18-7-3-5-9-21(18)25(22)15-17(26)14-24-20-8-4-6-10-23(20)27-2;/h4,6,8,10-13,17,24,26H,3,5,7,9,14-15H2,1-2H3;1H. The molecule has 0 amide bonds. The molecule has 0 spiro atoms. The minimum absolute atomic E-state index is 0. The first kappa shape index (κ1) is 20.6. The van der Waals surface area contributed by atoms with Crippen LogP contribution >= 0.6 is 12.4 Å². The van der Waals surface area contributed by atoms with Crippen LogP contribution in [0, 0.1) is 6.92 Å². The van der Waals surface area contributed by atoms with Crippen molar-refractivity contribution in [1.29, 1.82) is 0 Å². The summed E-state index contributed by atoms with van der Waals surface area (Å²) >= 11 is 0. The molecule has 5 heteroatoms. The number of aryl methyl sites for hydroxylation is 2. The molecule has 2 aromatic carbocycles. The van der Waals surface area contributed by atoms with Crippen LogP contribution < -0.4 is 10.1 Å². The van der Waals surface area contributed by atoms with Gasteiger partial charge in [-0.15, -0.1) is 12.4 Å². The number of ether oxygens (including phenoxy) is 1. The highest BCUT2D eigenvalue weighted by Crippen LogP contribution is 2.33. The van der Waals surface area contributed by atoms with Crippen molar-refractivity contribution in [2.45, 2.75) is 45.3 Å². The third kappa shape index (κ3) is 3.98. The zero-order valence-electron chi connectivity index (χ0n) is 16.6. The molecule has 0 bridgehead atoms. The van der Waals surface area contributed by atoms with Crippen molar-refractivity contribution in [2.75, 3.05) is 19.0 Å². The van der Waals surface area contributed by atoms with Crippen LogP contribution in [0.3, 0.4) is 0 Å². The number of hydrogen-bond donors (Lipinski definition) is 2. The molecule has 3 aromatic rings. The number of aliphatic hydroxyl groups excluding tert-OH is 1. The van der Waals surface area contributed by atoms with Crippen LogP contribution in [0.15, 0.2) is 42.5 Å². The lowest BCUT2D eigenvalue weighted by atomic mass is 9.95. The van der Waals surface area contributed by atoms with Crippen LogP contribution in [0.1, 0.15) is 29.7 Å². The molecular formula is C23H29ClN2O2. The van der Waals surface area contributed by atoms with E-state index < -0.39 is 6.10 Å². The van der Waals surface area contributed by atoms with Crippen molar-refractivity contribution in [3.63, 3.8) is 0 Å². The molecular weight excluding hydrogens is 372 g/mol. The van der Waals surface area contributed by atoms with E-state index >= 15 is 0 Å². The smallest absolute Gasteiger partial charge is 0.141 e. The number of nitrogens with one attached hydrogen (secondary N) is 1. The van der Waals surface area contributed by atoms with Crippen molar-refractivity contribution >= 4 is 29.0 Å². The first-order valence-corrected chi connectivity index (χ1v) is 9.83. The fraction of sp³-hybridized carbons (Fsp3) is 0.391. The van der Waals surface area contributed by atoms with Crippen LogP contribution in [0.5, 0.6) is 5.75 Å². The number of aliphatic hydroxyl groups is 1. The van der Waals surface area contributed by atoms with E-state index in [4.69, 9.17) is 4.74 Å². The molecule has 0 saturated carbocycles. The molecule has 0 saturated heterocycles. The van der Waals surface area contributed by atoms with Crippen molar-refractivity contribution < 1.29 is 9.84 Å². The van der Waals surface area contributed by atoms with E-state index in [0.717, 1.165) is 24.3 Å². The van der Waals surface area contributed by atoms with Gasteiger partial charge in [-0.2, -0.15) is 0 Å². The third-order valence-corrected chi connectivity index (χ3v) is 5.56. The summed E-state index contributed by atoms with van der Waals surface area (Å²) in [4.78, 5) is 0. The lowest BCUT2D eigenvalue weighted by molar-refractivity contribution is 0.167. The zero-order valence-corrected chi connectivity index (χ0v) is 17.4. The molecule has 150 valence electrons. The summed E-state index contributed by atoms with van der Waals surface area (Å²) < 4.78 is 7.72. The van der Waals surface area contributed by atoms with Gasteiger partial charge in [-0.1, -0.05) is 23.8 Å². The summed E-state index contributed by atoms with van der Waals surface area (Å²) in [5, 5.41) is 15.4. The highest BCUT2D eigenvalue weighted by atomic mass is 35.5. The Morgan fingerprint density at radius 1 is 1.14 bits per heavy atom. The van der Waals surface area contributed by atoms with Gasteiger partial charge in [0.2, 0.25) is 0 Å². The van der Waals surface area contributed by atoms with Gasteiger partial charge in [-0.05, 0) is 62.4 Å². The Morgan fingerprint density at radius 2 is 1.93 bits per heavy atom. The Morgan fingerprint density at radius 3 is 2.75 bits per heavy atom. The van der Waals surface area contributed by atoms with Crippen molar-refractivity contribution in [2.24, 2.45) is 0 Å². The Labute approximate surface area is 172 Å². The molecule has 1 aromatic heterocycles. The van der Waals surface area contributed by atoms with Gasteiger partial charge in [0.05, 0.1) is 25.4 Å². The normalized spacial score (nSPS) is 14.2. The van der Waals surface area contributed by atoms with Crippen molar-refractivity contribution in [1.82, 2.24) is 4.57 Å². The van der Waals surface area contributed by atoms with Gasteiger partial charge in [0.15, 0.2) is 0 Å². The van der Waals surface area contributed by atoms with E-state index in [1.54, 1.807) is 7.11 Å². The second kappa shape index (κ2) is 8.89. The lowest BCUT2D eigenvalue weighted by Crippen LogP contribution is -2.26. The van der Waals surface area contributed by atoms with E-state index in [2.05, 4.69) is 35.0 Å². The molecule has 1 heterocycles. The number of anilines is 1. The summed E-state index contributed by atoms with van der Waals surface area (Å²) in [6, 6.07) is 14.5. The highest BCUT2D eigenvalue weighted by Gasteiger charge is 2.21. The predicted octanol–water partition coefficient (Wildman–Crippen LogP) is 4.73. The molecule has 1 aliphatic carbocycles. The van der Waals surface area contributed by atoms with Crippen LogP contribution in [0.2, 0.25) is 0 Å². The van der Waals surface area contributed by atoms with Gasteiger partial charge in [0, 0.05) is 23.1 Å². The van der Waals surface area contributed by atoms with Crippen LogP contribution in [-0.2, 0) is 19.4 Å². The van der Waals surface area contributed by atoms with E-state index in [9.17, 15) is 5.11 Å². The molecule has 2 N–H and O–H groups in total. The first-order valence-electron chi connectivity index (χ1n) is 9.83. The Balaban J connectivity index is 0.00000225. The summed E-state index contributed by atoms with van der Waals surface area (Å²) in [5.41, 5.74) is 6.37. The second-order valence-corrected chi connectivity index (χ2v) is 7.50. The minimum Gasteiger partial charge on any atom is -0.495 e. The number of hydrogen-bond acceptors (Lipinski definition) is 3. The molecule has 0 aliphatic heterocycles. The number of benzene rings is 2. The van der Waals surface area contributed by atoms with Gasteiger partial charge in [-0.25, -0.2) is 0 Å². The number of aromatic nitrogens is 1. The Kier molecular flexibility index (Phi) is 6.53. The van der Waals surface area contributed by atoms with Gasteiger partial charge >= 0.3 is 0 Å². The van der Waals surface area contributed by atoms with E-state index in [0.29, 0.717) is 13.1 Å². The quantitative estimate of drug-likeness (QED) is 0.628. The zero-order chi connectivity index (χ0) is 18.8. The summed E-state index contributed by atoms with van der Waals surface area (Å²) in [6.45, 7) is 3.25. The topological polar surface area (TPSA) is 46.4 Å². The van der Waals surface area contributed by atoms with Gasteiger partial charge < -0.3 is 19.7 Å². The lowest BCUT2D eigenvalue weighted by Gasteiger charge is -2.20. The maximum Gasteiger partial charge on any atom is 0.141 e. The minimum atomic E-state index is -0.474. The van der Waals surface area contributed by atoms with Crippen molar-refractivity contribution in [3.8, 4) is 5.75 Å². The number of halogens is 1. The molecule has 4 rings (SSSR count). The molecule has 0 fully saturated rings. The molecule has 1 aliphatic rings. The highest BCUT2D eigenvalue weighted by molar-refractivity contribution is 5.86. The second-order valence-electron chi connectivity index (χ2n) is 7.50. The maximum atomic E-state index is 10.7. The van der Waals surface area contributed by atoms with Crippen molar-refractivity contribution in [3.05, 3.63) is 59.3 Å². The summed E-state index contributed by atoms with van der Waals surface area (Å²) in [7, 11) is 1.66. The van der Waals surface area contributed by atoms with Gasteiger partial charge in [0.25, 0.3) is 0 Å². The van der Waals surface area contributed by atoms with E-state index in [-0.39, 0.29) is 12.4 Å². The van der Waals surface area contributed by atoms with E-state index in [1.807, 2.05) is 24.3 Å². The molecule has 28 heavy (non-hydrogen) atoms.